The number of nitrogen functional groups attached to an aromatic ring is 1. The summed E-state index contributed by atoms with van der Waals surface area (Å²) in [5, 5.41) is 8.00. The minimum absolute atomic E-state index is 0.701. The number of hydrogen-bond acceptors (Lipinski definition) is 5. The lowest BCUT2D eigenvalue weighted by atomic mass is 10.3. The number of aromatic nitrogens is 4. The Labute approximate surface area is 99.1 Å². The number of hydrogen-bond donors (Lipinski definition) is 1. The van der Waals surface area contributed by atoms with E-state index in [9.17, 15) is 0 Å². The molecule has 0 aliphatic carbocycles. The van der Waals surface area contributed by atoms with E-state index >= 15 is 0 Å². The average molecular weight is 230 g/mol. The second kappa shape index (κ2) is 4.14. The smallest absolute Gasteiger partial charge is 0.147 e. The number of pyridine rings is 1. The standard InChI is InChI=1S/C11H14N6/c12-9-1-2-10(13-5-9)6-16-3-4-17-8-14-15-11(17)7-16/h1-2,5,8H,3-4,6-7,12H2. The van der Waals surface area contributed by atoms with E-state index in [2.05, 4.69) is 24.6 Å². The minimum atomic E-state index is 0.701. The number of nitrogens with two attached hydrogens (primary N) is 1. The lowest BCUT2D eigenvalue weighted by Gasteiger charge is -2.26. The molecule has 3 rings (SSSR count). The fourth-order valence-corrected chi connectivity index (χ4v) is 2.01. The van der Waals surface area contributed by atoms with Crippen LogP contribution < -0.4 is 5.73 Å². The summed E-state index contributed by atoms with van der Waals surface area (Å²) in [6.45, 7) is 3.59. The van der Waals surface area contributed by atoms with Gasteiger partial charge in [-0.25, -0.2) is 0 Å². The normalized spacial score (nSPS) is 15.8. The summed E-state index contributed by atoms with van der Waals surface area (Å²) in [6, 6.07) is 3.85. The molecule has 0 saturated carbocycles. The Kier molecular flexibility index (Phi) is 2.49. The first-order chi connectivity index (χ1) is 8.31. The van der Waals surface area contributed by atoms with Crippen LogP contribution in [0.2, 0.25) is 0 Å². The molecule has 17 heavy (non-hydrogen) atoms. The maximum absolute atomic E-state index is 5.61. The van der Waals surface area contributed by atoms with Gasteiger partial charge in [0.25, 0.3) is 0 Å². The zero-order valence-electron chi connectivity index (χ0n) is 9.45. The third-order valence-corrected chi connectivity index (χ3v) is 2.95. The molecule has 0 spiro atoms. The van der Waals surface area contributed by atoms with Crippen LogP contribution in [0.1, 0.15) is 11.5 Å². The van der Waals surface area contributed by atoms with Crippen molar-refractivity contribution in [3.05, 3.63) is 36.2 Å². The van der Waals surface area contributed by atoms with Crippen molar-refractivity contribution < 1.29 is 0 Å². The van der Waals surface area contributed by atoms with Crippen molar-refractivity contribution in [3.8, 4) is 0 Å². The van der Waals surface area contributed by atoms with E-state index in [1.807, 2.05) is 12.1 Å². The number of nitrogens with zero attached hydrogens (tertiary/aromatic N) is 5. The molecule has 0 saturated heterocycles. The lowest BCUT2D eigenvalue weighted by molar-refractivity contribution is 0.206. The molecule has 0 radical (unpaired) electrons. The van der Waals surface area contributed by atoms with Crippen molar-refractivity contribution in [2.45, 2.75) is 19.6 Å². The highest BCUT2D eigenvalue weighted by atomic mass is 15.3. The summed E-state index contributed by atoms with van der Waals surface area (Å²) in [4.78, 5) is 6.61. The third kappa shape index (κ3) is 2.12. The molecule has 1 aliphatic heterocycles. The van der Waals surface area contributed by atoms with E-state index in [1.54, 1.807) is 12.5 Å². The maximum atomic E-state index is 5.61. The zero-order valence-corrected chi connectivity index (χ0v) is 9.45. The van der Waals surface area contributed by atoms with Crippen LogP contribution in [0, 0.1) is 0 Å². The fourth-order valence-electron chi connectivity index (χ4n) is 2.01. The quantitative estimate of drug-likeness (QED) is 0.801. The number of rotatable bonds is 2. The van der Waals surface area contributed by atoms with Crippen molar-refractivity contribution in [3.63, 3.8) is 0 Å². The topological polar surface area (TPSA) is 72.9 Å². The highest BCUT2D eigenvalue weighted by molar-refractivity contribution is 5.34. The molecule has 0 bridgehead atoms. The van der Waals surface area contributed by atoms with Crippen molar-refractivity contribution >= 4 is 5.69 Å². The van der Waals surface area contributed by atoms with Gasteiger partial charge in [-0.05, 0) is 12.1 Å². The van der Waals surface area contributed by atoms with Gasteiger partial charge in [-0.3, -0.25) is 9.88 Å². The molecule has 0 aromatic carbocycles. The molecule has 0 unspecified atom stereocenters. The van der Waals surface area contributed by atoms with Crippen molar-refractivity contribution in [2.24, 2.45) is 0 Å². The minimum Gasteiger partial charge on any atom is -0.397 e. The van der Waals surface area contributed by atoms with Gasteiger partial charge in [-0.2, -0.15) is 0 Å². The molecule has 6 nitrogen and oxygen atoms in total. The predicted octanol–water partition coefficient (Wildman–Crippen LogP) is 0.271. The van der Waals surface area contributed by atoms with E-state index < -0.39 is 0 Å². The van der Waals surface area contributed by atoms with Crippen molar-refractivity contribution in [2.75, 3.05) is 12.3 Å². The zero-order chi connectivity index (χ0) is 11.7. The van der Waals surface area contributed by atoms with Crippen LogP contribution >= 0.6 is 0 Å². The monoisotopic (exact) mass is 230 g/mol. The predicted molar refractivity (Wildman–Crippen MR) is 62.8 cm³/mol. The van der Waals surface area contributed by atoms with Crippen LogP contribution in [0.15, 0.2) is 24.7 Å². The largest absolute Gasteiger partial charge is 0.397 e. The van der Waals surface area contributed by atoms with Crippen molar-refractivity contribution in [1.82, 2.24) is 24.6 Å². The SMILES string of the molecule is Nc1ccc(CN2CCn3cnnc3C2)nc1. The van der Waals surface area contributed by atoms with Gasteiger partial charge in [0.15, 0.2) is 0 Å². The van der Waals surface area contributed by atoms with E-state index in [0.29, 0.717) is 5.69 Å². The summed E-state index contributed by atoms with van der Waals surface area (Å²) in [5.74, 6) is 1.02. The fraction of sp³-hybridized carbons (Fsp3) is 0.364. The van der Waals surface area contributed by atoms with Crippen LogP contribution in [0.25, 0.3) is 0 Å². The highest BCUT2D eigenvalue weighted by Gasteiger charge is 2.17. The molecule has 1 aliphatic rings. The molecular weight excluding hydrogens is 216 g/mol. The van der Waals surface area contributed by atoms with Gasteiger partial charge < -0.3 is 10.3 Å². The van der Waals surface area contributed by atoms with Crippen LogP contribution in [0.3, 0.4) is 0 Å². The van der Waals surface area contributed by atoms with Gasteiger partial charge in [-0.15, -0.1) is 10.2 Å². The summed E-state index contributed by atoms with van der Waals surface area (Å²) < 4.78 is 2.09. The van der Waals surface area contributed by atoms with Crippen LogP contribution in [0.5, 0.6) is 0 Å². The maximum Gasteiger partial charge on any atom is 0.147 e. The number of fused-ring (bicyclic) bond motifs is 1. The molecule has 3 heterocycles. The molecule has 2 aromatic rings. The summed E-state index contributed by atoms with van der Waals surface area (Å²) in [5.41, 5.74) is 7.35. The van der Waals surface area contributed by atoms with Gasteiger partial charge in [0, 0.05) is 19.6 Å². The van der Waals surface area contributed by atoms with Crippen LogP contribution in [0.4, 0.5) is 5.69 Å². The first-order valence-electron chi connectivity index (χ1n) is 5.61. The second-order valence-corrected chi connectivity index (χ2v) is 4.23. The Morgan fingerprint density at radius 3 is 3.06 bits per heavy atom. The molecule has 2 aromatic heterocycles. The van der Waals surface area contributed by atoms with Crippen molar-refractivity contribution in [1.29, 1.82) is 0 Å². The molecule has 0 atom stereocenters. The molecule has 0 amide bonds. The Balaban J connectivity index is 1.69. The molecule has 6 heteroatoms. The molecular formula is C11H14N6. The first-order valence-corrected chi connectivity index (χ1v) is 5.61. The average Bonchev–Trinajstić information content (AvgIpc) is 2.79. The summed E-state index contributed by atoms with van der Waals surface area (Å²) in [7, 11) is 0. The second-order valence-electron chi connectivity index (χ2n) is 4.23. The molecule has 88 valence electrons. The Morgan fingerprint density at radius 2 is 2.24 bits per heavy atom. The Bertz CT molecular complexity index is 503. The van der Waals surface area contributed by atoms with E-state index in [0.717, 1.165) is 37.7 Å². The van der Waals surface area contributed by atoms with Gasteiger partial charge in [0.2, 0.25) is 0 Å². The van der Waals surface area contributed by atoms with Crippen LogP contribution in [-0.4, -0.2) is 31.2 Å². The van der Waals surface area contributed by atoms with E-state index in [-0.39, 0.29) is 0 Å². The van der Waals surface area contributed by atoms with Gasteiger partial charge in [-0.1, -0.05) is 0 Å². The first kappa shape index (κ1) is 10.2. The Hall–Kier alpha value is -1.95. The van der Waals surface area contributed by atoms with Gasteiger partial charge >= 0.3 is 0 Å². The highest BCUT2D eigenvalue weighted by Crippen LogP contribution is 2.12. The van der Waals surface area contributed by atoms with E-state index in [4.69, 9.17) is 5.73 Å². The van der Waals surface area contributed by atoms with Gasteiger partial charge in [0.1, 0.15) is 12.2 Å². The lowest BCUT2D eigenvalue weighted by Crippen LogP contribution is -2.33. The van der Waals surface area contributed by atoms with E-state index in [1.165, 1.54) is 0 Å². The summed E-state index contributed by atoms with van der Waals surface area (Å²) in [6.07, 6.45) is 3.48. The Morgan fingerprint density at radius 1 is 1.29 bits per heavy atom. The molecule has 0 fully saturated rings. The molecule has 2 N–H and O–H groups in total. The van der Waals surface area contributed by atoms with Crippen LogP contribution in [-0.2, 0) is 19.6 Å². The summed E-state index contributed by atoms with van der Waals surface area (Å²) >= 11 is 0. The number of anilines is 1. The third-order valence-electron chi connectivity index (χ3n) is 2.95. The van der Waals surface area contributed by atoms with Gasteiger partial charge in [0.05, 0.1) is 24.1 Å².